The zero-order chi connectivity index (χ0) is 22.1. The molecule has 3 rings (SSSR count). The van der Waals surface area contributed by atoms with Crippen LogP contribution in [-0.2, 0) is 0 Å². The Morgan fingerprint density at radius 3 is 2.23 bits per heavy atom. The van der Waals surface area contributed by atoms with Crippen LogP contribution in [0.25, 0.3) is 11.1 Å². The molecule has 2 aromatic rings. The van der Waals surface area contributed by atoms with Crippen molar-refractivity contribution >= 4 is 23.2 Å². The van der Waals surface area contributed by atoms with E-state index in [0.29, 0.717) is 42.5 Å². The number of hydrogen-bond donors (Lipinski definition) is 1. The summed E-state index contributed by atoms with van der Waals surface area (Å²) in [5.74, 6) is -3.62. The molecule has 0 unspecified atom stereocenters. The van der Waals surface area contributed by atoms with Crippen LogP contribution in [-0.4, -0.2) is 49.7 Å². The van der Waals surface area contributed by atoms with E-state index in [2.05, 4.69) is 0 Å². The number of nitrogens with zero attached hydrogens (tertiary/aromatic N) is 2. The standard InChI is InChI=1S/C20H19ClF5N3O/c21-12-1-2-13(14-3-4-15(19(27)30)18(23)17(14)22)16(11-12)29-9-7-28(8-10-29)6-5-20(24,25)26/h1-4,11H,5-10H2,(H2,27,30). The number of rotatable bonds is 5. The molecule has 2 aromatic carbocycles. The highest BCUT2D eigenvalue weighted by Crippen LogP contribution is 2.36. The van der Waals surface area contributed by atoms with Crippen LogP contribution in [0.2, 0.25) is 5.02 Å². The van der Waals surface area contributed by atoms with Gasteiger partial charge in [-0.1, -0.05) is 23.7 Å². The van der Waals surface area contributed by atoms with Gasteiger partial charge in [-0.05, 0) is 18.2 Å². The van der Waals surface area contributed by atoms with Crippen LogP contribution in [0.3, 0.4) is 0 Å². The molecular formula is C20H19ClF5N3O. The largest absolute Gasteiger partial charge is 0.390 e. The van der Waals surface area contributed by atoms with Gasteiger partial charge in [-0.3, -0.25) is 9.69 Å². The Morgan fingerprint density at radius 2 is 1.63 bits per heavy atom. The van der Waals surface area contributed by atoms with E-state index in [1.807, 2.05) is 4.90 Å². The summed E-state index contributed by atoms with van der Waals surface area (Å²) in [5.41, 5.74) is 5.33. The second-order valence-corrected chi connectivity index (χ2v) is 7.44. The lowest BCUT2D eigenvalue weighted by atomic mass is 9.99. The third-order valence-electron chi connectivity index (χ3n) is 5.02. The number of amides is 1. The van der Waals surface area contributed by atoms with Gasteiger partial charge in [-0.25, -0.2) is 8.78 Å². The Labute approximate surface area is 175 Å². The van der Waals surface area contributed by atoms with Crippen molar-refractivity contribution in [2.24, 2.45) is 5.73 Å². The number of alkyl halides is 3. The summed E-state index contributed by atoms with van der Waals surface area (Å²) in [4.78, 5) is 14.8. The SMILES string of the molecule is NC(=O)c1ccc(-c2ccc(Cl)cc2N2CCN(CCC(F)(F)F)CC2)c(F)c1F. The smallest absolute Gasteiger partial charge is 0.368 e. The molecule has 0 spiro atoms. The van der Waals surface area contributed by atoms with Crippen LogP contribution in [0, 0.1) is 11.6 Å². The molecule has 0 aliphatic carbocycles. The zero-order valence-corrected chi connectivity index (χ0v) is 16.5. The first-order chi connectivity index (χ1) is 14.1. The van der Waals surface area contributed by atoms with Gasteiger partial charge in [0.05, 0.1) is 12.0 Å². The van der Waals surface area contributed by atoms with Crippen molar-refractivity contribution < 1.29 is 26.7 Å². The number of nitrogens with two attached hydrogens (primary N) is 1. The maximum absolute atomic E-state index is 14.7. The van der Waals surface area contributed by atoms with E-state index < -0.39 is 35.7 Å². The van der Waals surface area contributed by atoms with Crippen LogP contribution >= 0.6 is 11.6 Å². The molecule has 10 heteroatoms. The molecule has 0 aromatic heterocycles. The first-order valence-electron chi connectivity index (χ1n) is 9.18. The third-order valence-corrected chi connectivity index (χ3v) is 5.26. The highest BCUT2D eigenvalue weighted by Gasteiger charge is 2.29. The molecule has 1 amide bonds. The molecule has 1 heterocycles. The fourth-order valence-corrected chi connectivity index (χ4v) is 3.61. The van der Waals surface area contributed by atoms with Crippen LogP contribution in [0.1, 0.15) is 16.8 Å². The minimum absolute atomic E-state index is 0.0660. The number of primary amides is 1. The lowest BCUT2D eigenvalue weighted by Gasteiger charge is -2.37. The molecule has 1 aliphatic rings. The summed E-state index contributed by atoms with van der Waals surface area (Å²) in [7, 11) is 0. The molecule has 1 saturated heterocycles. The van der Waals surface area contributed by atoms with Crippen molar-refractivity contribution in [2.45, 2.75) is 12.6 Å². The molecule has 0 saturated carbocycles. The number of anilines is 1. The molecule has 0 radical (unpaired) electrons. The Morgan fingerprint density at radius 1 is 1.00 bits per heavy atom. The summed E-state index contributed by atoms with van der Waals surface area (Å²) < 4.78 is 66.3. The minimum Gasteiger partial charge on any atom is -0.368 e. The topological polar surface area (TPSA) is 49.6 Å². The molecule has 2 N–H and O–H groups in total. The number of carbonyl (C=O) groups is 1. The van der Waals surface area contributed by atoms with E-state index in [1.165, 1.54) is 18.2 Å². The van der Waals surface area contributed by atoms with E-state index in [0.717, 1.165) is 6.07 Å². The highest BCUT2D eigenvalue weighted by atomic mass is 35.5. The van der Waals surface area contributed by atoms with Crippen LogP contribution in [0.4, 0.5) is 27.6 Å². The minimum atomic E-state index is -4.21. The molecule has 30 heavy (non-hydrogen) atoms. The summed E-state index contributed by atoms with van der Waals surface area (Å²) >= 11 is 6.10. The molecule has 4 nitrogen and oxygen atoms in total. The number of hydrogen-bond acceptors (Lipinski definition) is 3. The molecule has 0 bridgehead atoms. The summed E-state index contributed by atoms with van der Waals surface area (Å²) in [6, 6.07) is 7.05. The monoisotopic (exact) mass is 447 g/mol. The Balaban J connectivity index is 1.86. The molecular weight excluding hydrogens is 429 g/mol. The van der Waals surface area contributed by atoms with Gasteiger partial charge in [0.1, 0.15) is 0 Å². The van der Waals surface area contributed by atoms with Crippen molar-refractivity contribution in [3.63, 3.8) is 0 Å². The predicted octanol–water partition coefficient (Wildman–Crippen LogP) is 4.46. The Kier molecular flexibility index (Phi) is 6.52. The fourth-order valence-electron chi connectivity index (χ4n) is 3.44. The Bertz CT molecular complexity index is 943. The van der Waals surface area contributed by atoms with E-state index in [4.69, 9.17) is 17.3 Å². The zero-order valence-electron chi connectivity index (χ0n) is 15.8. The summed E-state index contributed by atoms with van der Waals surface area (Å²) in [5, 5.41) is 0.378. The lowest BCUT2D eigenvalue weighted by molar-refractivity contribution is -0.138. The number of carbonyl (C=O) groups excluding carboxylic acids is 1. The van der Waals surface area contributed by atoms with Gasteiger partial charge in [0, 0.05) is 54.6 Å². The van der Waals surface area contributed by atoms with Gasteiger partial charge >= 0.3 is 6.18 Å². The van der Waals surface area contributed by atoms with Crippen molar-refractivity contribution in [3.05, 3.63) is 52.6 Å². The summed E-state index contributed by atoms with van der Waals surface area (Å²) in [6.45, 7) is 1.48. The van der Waals surface area contributed by atoms with E-state index in [-0.39, 0.29) is 12.1 Å². The van der Waals surface area contributed by atoms with Gasteiger partial charge in [0.2, 0.25) is 0 Å². The third kappa shape index (κ3) is 5.02. The van der Waals surface area contributed by atoms with Gasteiger partial charge in [-0.15, -0.1) is 0 Å². The molecule has 1 fully saturated rings. The van der Waals surface area contributed by atoms with Crippen molar-refractivity contribution in [3.8, 4) is 11.1 Å². The molecule has 0 atom stereocenters. The van der Waals surface area contributed by atoms with Crippen molar-refractivity contribution in [1.29, 1.82) is 0 Å². The Hall–Kier alpha value is -2.39. The van der Waals surface area contributed by atoms with Gasteiger partial charge < -0.3 is 10.6 Å². The fraction of sp³-hybridized carbons (Fsp3) is 0.350. The molecule has 162 valence electrons. The number of piperazine rings is 1. The predicted molar refractivity (Wildman–Crippen MR) is 105 cm³/mol. The van der Waals surface area contributed by atoms with E-state index >= 15 is 0 Å². The average Bonchev–Trinajstić information content (AvgIpc) is 2.68. The lowest BCUT2D eigenvalue weighted by Crippen LogP contribution is -2.47. The first-order valence-corrected chi connectivity index (χ1v) is 9.56. The van der Waals surface area contributed by atoms with Crippen LogP contribution in [0.5, 0.6) is 0 Å². The van der Waals surface area contributed by atoms with Gasteiger partial charge in [-0.2, -0.15) is 13.2 Å². The van der Waals surface area contributed by atoms with E-state index in [1.54, 1.807) is 11.0 Å². The summed E-state index contributed by atoms with van der Waals surface area (Å²) in [6.07, 6.45) is -5.10. The van der Waals surface area contributed by atoms with Crippen molar-refractivity contribution in [2.75, 3.05) is 37.6 Å². The van der Waals surface area contributed by atoms with Gasteiger partial charge in [0.25, 0.3) is 5.91 Å². The maximum atomic E-state index is 14.7. The van der Waals surface area contributed by atoms with Gasteiger partial charge in [0.15, 0.2) is 11.6 Å². The average molecular weight is 448 g/mol. The van der Waals surface area contributed by atoms with E-state index in [9.17, 15) is 26.7 Å². The molecule has 1 aliphatic heterocycles. The maximum Gasteiger partial charge on any atom is 0.390 e. The van der Waals surface area contributed by atoms with Crippen molar-refractivity contribution in [1.82, 2.24) is 4.90 Å². The normalized spacial score (nSPS) is 15.5. The van der Waals surface area contributed by atoms with Crippen LogP contribution in [0.15, 0.2) is 30.3 Å². The number of halogens is 6. The van der Waals surface area contributed by atoms with Crippen LogP contribution < -0.4 is 10.6 Å². The highest BCUT2D eigenvalue weighted by molar-refractivity contribution is 6.31. The second-order valence-electron chi connectivity index (χ2n) is 7.01. The second kappa shape index (κ2) is 8.77. The quantitative estimate of drug-likeness (QED) is 0.689. The number of benzene rings is 2. The first kappa shape index (κ1) is 22.3.